The van der Waals surface area contributed by atoms with Crippen LogP contribution in [0.1, 0.15) is 20.8 Å². The summed E-state index contributed by atoms with van der Waals surface area (Å²) >= 11 is 0. The highest BCUT2D eigenvalue weighted by Gasteiger charge is 2.27. The van der Waals surface area contributed by atoms with E-state index in [0.717, 1.165) is 6.92 Å². The number of carboxylic acid groups (broad SMARTS) is 1. The normalized spacial score (nSPS) is 12.8. The molecule has 0 aliphatic carbocycles. The smallest absolute Gasteiger partial charge is 0.327 e. The fraction of sp³-hybridized carbons (Fsp3) is 0.700. The Kier molecular flexibility index (Phi) is 6.46. The van der Waals surface area contributed by atoms with Gasteiger partial charge in [0, 0.05) is 13.0 Å². The van der Waals surface area contributed by atoms with Gasteiger partial charge >= 0.3 is 5.97 Å². The van der Waals surface area contributed by atoms with Crippen LogP contribution in [0, 0.1) is 0 Å². The van der Waals surface area contributed by atoms with Gasteiger partial charge in [-0.2, -0.15) is 0 Å². The minimum absolute atomic E-state index is 0.215. The number of carbonyl (C=O) groups excluding carboxylic acids is 2. The lowest BCUT2D eigenvalue weighted by Gasteiger charge is -2.14. The molecule has 1 unspecified atom stereocenters. The van der Waals surface area contributed by atoms with Gasteiger partial charge in [0.1, 0.15) is 11.8 Å². The maximum absolute atomic E-state index is 11.6. The number of aliphatic carboxylic acids is 1. The molecule has 0 bridgehead atoms. The second kappa shape index (κ2) is 7.07. The van der Waals surface area contributed by atoms with Crippen molar-refractivity contribution in [1.82, 2.24) is 10.6 Å². The van der Waals surface area contributed by atoms with Gasteiger partial charge in [-0.25, -0.2) is 13.2 Å². The van der Waals surface area contributed by atoms with E-state index in [1.165, 1.54) is 0 Å². The summed E-state index contributed by atoms with van der Waals surface area (Å²) < 4.78 is 23.3. The van der Waals surface area contributed by atoms with Crippen LogP contribution in [0.3, 0.4) is 0 Å². The van der Waals surface area contributed by atoms with Crippen molar-refractivity contribution in [3.05, 3.63) is 0 Å². The Bertz CT molecular complexity index is 457. The molecule has 19 heavy (non-hydrogen) atoms. The van der Waals surface area contributed by atoms with Gasteiger partial charge in [0.15, 0.2) is 9.84 Å². The van der Waals surface area contributed by atoms with Gasteiger partial charge in [0.25, 0.3) is 0 Å². The minimum atomic E-state index is -3.92. The maximum atomic E-state index is 11.6. The van der Waals surface area contributed by atoms with Crippen LogP contribution in [-0.2, 0) is 24.2 Å². The predicted octanol–water partition coefficient (Wildman–Crippen LogP) is -1.48. The number of hydrogen-bond acceptors (Lipinski definition) is 5. The molecule has 0 fully saturated rings. The molecular weight excluding hydrogens is 276 g/mol. The first-order valence-corrected chi connectivity index (χ1v) is 7.35. The molecular formula is C10H18N2O6S. The van der Waals surface area contributed by atoms with Crippen LogP contribution in [0.5, 0.6) is 0 Å². The molecule has 0 aromatic heterocycles. The van der Waals surface area contributed by atoms with Crippen LogP contribution in [-0.4, -0.2) is 54.9 Å². The van der Waals surface area contributed by atoms with E-state index >= 15 is 0 Å². The van der Waals surface area contributed by atoms with Gasteiger partial charge in [-0.15, -0.1) is 0 Å². The number of rotatable bonds is 7. The average molecular weight is 294 g/mol. The van der Waals surface area contributed by atoms with E-state index in [1.54, 1.807) is 13.8 Å². The SMILES string of the molecule is CC(=O)NC(CS(=O)(=O)CC(=O)NC(C)C)C(=O)O. The summed E-state index contributed by atoms with van der Waals surface area (Å²) in [7, 11) is -3.92. The summed E-state index contributed by atoms with van der Waals surface area (Å²) in [6.07, 6.45) is 0. The highest BCUT2D eigenvalue weighted by atomic mass is 32.2. The molecule has 1 atom stereocenters. The van der Waals surface area contributed by atoms with Crippen LogP contribution in [0.4, 0.5) is 0 Å². The lowest BCUT2D eigenvalue weighted by Crippen LogP contribution is -2.46. The molecule has 0 heterocycles. The van der Waals surface area contributed by atoms with E-state index in [0.29, 0.717) is 0 Å². The van der Waals surface area contributed by atoms with Crippen LogP contribution in [0.2, 0.25) is 0 Å². The summed E-state index contributed by atoms with van der Waals surface area (Å²) in [6, 6.07) is -1.78. The van der Waals surface area contributed by atoms with E-state index in [9.17, 15) is 22.8 Å². The number of sulfone groups is 1. The van der Waals surface area contributed by atoms with Gasteiger partial charge in [-0.1, -0.05) is 0 Å². The van der Waals surface area contributed by atoms with Crippen LogP contribution >= 0.6 is 0 Å². The lowest BCUT2D eigenvalue weighted by atomic mass is 10.3. The monoisotopic (exact) mass is 294 g/mol. The second-order valence-corrected chi connectivity index (χ2v) is 6.48. The first-order chi connectivity index (χ1) is 8.53. The fourth-order valence-corrected chi connectivity index (χ4v) is 2.63. The molecule has 0 rings (SSSR count). The zero-order valence-corrected chi connectivity index (χ0v) is 11.8. The van der Waals surface area contributed by atoms with Crippen LogP contribution in [0.15, 0.2) is 0 Å². The molecule has 0 aliphatic rings. The van der Waals surface area contributed by atoms with Crippen molar-refractivity contribution in [2.45, 2.75) is 32.9 Å². The summed E-state index contributed by atoms with van der Waals surface area (Å²) in [5.74, 6) is -4.47. The number of hydrogen-bond donors (Lipinski definition) is 3. The third-order valence-electron chi connectivity index (χ3n) is 1.90. The number of carboxylic acids is 1. The topological polar surface area (TPSA) is 130 Å². The van der Waals surface area contributed by atoms with Crippen LogP contribution in [0.25, 0.3) is 0 Å². The van der Waals surface area contributed by atoms with Crippen molar-refractivity contribution < 1.29 is 27.9 Å². The van der Waals surface area contributed by atoms with Gasteiger partial charge < -0.3 is 15.7 Å². The predicted molar refractivity (Wildman–Crippen MR) is 67.2 cm³/mol. The van der Waals surface area contributed by atoms with Gasteiger partial charge in [0.05, 0.1) is 5.75 Å². The molecule has 110 valence electrons. The van der Waals surface area contributed by atoms with E-state index in [-0.39, 0.29) is 6.04 Å². The molecule has 0 aromatic carbocycles. The standard InChI is InChI=1S/C10H18N2O6S/c1-6(2)11-9(14)5-19(17,18)4-8(10(15)16)12-7(3)13/h6,8H,4-5H2,1-3H3,(H,11,14)(H,12,13)(H,15,16). The second-order valence-electron chi connectivity index (χ2n) is 4.37. The Hall–Kier alpha value is -1.64. The molecule has 0 aliphatic heterocycles. The molecule has 8 nitrogen and oxygen atoms in total. The highest BCUT2D eigenvalue weighted by molar-refractivity contribution is 7.92. The van der Waals surface area contributed by atoms with Crippen molar-refractivity contribution >= 4 is 27.6 Å². The van der Waals surface area contributed by atoms with Crippen molar-refractivity contribution in [2.24, 2.45) is 0 Å². The summed E-state index contributed by atoms with van der Waals surface area (Å²) in [5, 5.41) is 13.2. The summed E-state index contributed by atoms with van der Waals surface area (Å²) in [4.78, 5) is 32.9. The number of nitrogens with one attached hydrogen (secondary N) is 2. The van der Waals surface area contributed by atoms with E-state index in [4.69, 9.17) is 5.11 Å². The maximum Gasteiger partial charge on any atom is 0.327 e. The zero-order valence-electron chi connectivity index (χ0n) is 11.0. The Labute approximate surface area is 111 Å². The van der Waals surface area contributed by atoms with E-state index in [1.807, 2.05) is 5.32 Å². The third kappa shape index (κ3) is 8.14. The van der Waals surface area contributed by atoms with Crippen molar-refractivity contribution in [3.63, 3.8) is 0 Å². The van der Waals surface area contributed by atoms with E-state index in [2.05, 4.69) is 5.32 Å². The molecule has 3 N–H and O–H groups in total. The lowest BCUT2D eigenvalue weighted by molar-refractivity contribution is -0.140. The highest BCUT2D eigenvalue weighted by Crippen LogP contribution is 1.97. The van der Waals surface area contributed by atoms with Crippen molar-refractivity contribution in [3.8, 4) is 0 Å². The van der Waals surface area contributed by atoms with Gasteiger partial charge in [-0.05, 0) is 13.8 Å². The third-order valence-corrected chi connectivity index (χ3v) is 3.44. The zero-order chi connectivity index (χ0) is 15.2. The molecule has 0 spiro atoms. The number of carbonyl (C=O) groups is 3. The molecule has 0 aromatic rings. The Morgan fingerprint density at radius 3 is 2.05 bits per heavy atom. The van der Waals surface area contributed by atoms with Gasteiger partial charge in [0.2, 0.25) is 11.8 Å². The number of amides is 2. The van der Waals surface area contributed by atoms with Crippen molar-refractivity contribution in [1.29, 1.82) is 0 Å². The average Bonchev–Trinajstić information content (AvgIpc) is 2.11. The fourth-order valence-electron chi connectivity index (χ4n) is 1.30. The first-order valence-electron chi connectivity index (χ1n) is 5.53. The van der Waals surface area contributed by atoms with Crippen molar-refractivity contribution in [2.75, 3.05) is 11.5 Å². The Morgan fingerprint density at radius 2 is 1.68 bits per heavy atom. The largest absolute Gasteiger partial charge is 0.480 e. The van der Waals surface area contributed by atoms with Crippen LogP contribution < -0.4 is 10.6 Å². The quantitative estimate of drug-likeness (QED) is 0.525. The molecule has 9 heteroatoms. The molecule has 0 saturated heterocycles. The Morgan fingerprint density at radius 1 is 1.16 bits per heavy atom. The van der Waals surface area contributed by atoms with Gasteiger partial charge in [-0.3, -0.25) is 9.59 Å². The molecule has 0 radical (unpaired) electrons. The first kappa shape index (κ1) is 17.4. The minimum Gasteiger partial charge on any atom is -0.480 e. The molecule has 2 amide bonds. The summed E-state index contributed by atoms with van der Waals surface area (Å²) in [6.45, 7) is 4.41. The molecule has 0 saturated carbocycles. The summed E-state index contributed by atoms with van der Waals surface area (Å²) in [5.41, 5.74) is 0. The van der Waals surface area contributed by atoms with E-state index < -0.39 is 45.2 Å². The Balaban J connectivity index is 4.68.